The second-order valence-electron chi connectivity index (χ2n) is 5.35. The minimum absolute atomic E-state index is 0.317. The van der Waals surface area contributed by atoms with Gasteiger partial charge in [-0.2, -0.15) is 0 Å². The van der Waals surface area contributed by atoms with Crippen LogP contribution in [0.15, 0.2) is 12.4 Å². The SMILES string of the molecule is CC(C)c1cc(N2CCCCCC2C(=O)O)ncn1. The Morgan fingerprint density at radius 1 is 1.37 bits per heavy atom. The topological polar surface area (TPSA) is 66.3 Å². The molecule has 5 heteroatoms. The molecule has 5 nitrogen and oxygen atoms in total. The maximum atomic E-state index is 11.4. The Labute approximate surface area is 113 Å². The van der Waals surface area contributed by atoms with Crippen LogP contribution < -0.4 is 4.90 Å². The Balaban J connectivity index is 2.30. The molecule has 0 spiro atoms. The summed E-state index contributed by atoms with van der Waals surface area (Å²) < 4.78 is 0. The van der Waals surface area contributed by atoms with E-state index in [-0.39, 0.29) is 0 Å². The summed E-state index contributed by atoms with van der Waals surface area (Å²) in [5, 5.41) is 9.39. The third kappa shape index (κ3) is 3.22. The molecule has 0 amide bonds. The average Bonchev–Trinajstić information content (AvgIpc) is 2.64. The van der Waals surface area contributed by atoms with Gasteiger partial charge in [-0.3, -0.25) is 0 Å². The van der Waals surface area contributed by atoms with Crippen molar-refractivity contribution in [2.24, 2.45) is 0 Å². The van der Waals surface area contributed by atoms with E-state index in [9.17, 15) is 9.90 Å². The third-order valence-corrected chi connectivity index (χ3v) is 3.60. The summed E-state index contributed by atoms with van der Waals surface area (Å²) in [7, 11) is 0. The van der Waals surface area contributed by atoms with Gasteiger partial charge in [0.15, 0.2) is 0 Å². The maximum Gasteiger partial charge on any atom is 0.326 e. The van der Waals surface area contributed by atoms with Crippen molar-refractivity contribution in [2.75, 3.05) is 11.4 Å². The number of carboxylic acid groups (broad SMARTS) is 1. The van der Waals surface area contributed by atoms with Crippen LogP contribution in [-0.2, 0) is 4.79 Å². The van der Waals surface area contributed by atoms with Crippen LogP contribution in [0.5, 0.6) is 0 Å². The fraction of sp³-hybridized carbons (Fsp3) is 0.643. The molecule has 1 fully saturated rings. The maximum absolute atomic E-state index is 11.4. The molecule has 104 valence electrons. The normalized spacial score (nSPS) is 20.4. The minimum Gasteiger partial charge on any atom is -0.480 e. The third-order valence-electron chi connectivity index (χ3n) is 3.60. The van der Waals surface area contributed by atoms with Gasteiger partial charge in [0, 0.05) is 18.3 Å². The highest BCUT2D eigenvalue weighted by molar-refractivity contribution is 5.77. The Hall–Kier alpha value is -1.65. The van der Waals surface area contributed by atoms with E-state index < -0.39 is 12.0 Å². The number of rotatable bonds is 3. The molecule has 1 aromatic rings. The largest absolute Gasteiger partial charge is 0.480 e. The van der Waals surface area contributed by atoms with E-state index in [1.165, 1.54) is 6.33 Å². The molecule has 0 saturated carbocycles. The Morgan fingerprint density at radius 3 is 2.84 bits per heavy atom. The molecular weight excluding hydrogens is 242 g/mol. The highest BCUT2D eigenvalue weighted by atomic mass is 16.4. The molecule has 2 rings (SSSR count). The Morgan fingerprint density at radius 2 is 2.16 bits per heavy atom. The van der Waals surface area contributed by atoms with Crippen LogP contribution in [-0.4, -0.2) is 33.6 Å². The van der Waals surface area contributed by atoms with Crippen molar-refractivity contribution in [3.05, 3.63) is 18.1 Å². The summed E-state index contributed by atoms with van der Waals surface area (Å²) >= 11 is 0. The molecular formula is C14H21N3O2. The van der Waals surface area contributed by atoms with Crippen molar-refractivity contribution < 1.29 is 9.90 Å². The van der Waals surface area contributed by atoms with Crippen molar-refractivity contribution in [1.29, 1.82) is 0 Å². The van der Waals surface area contributed by atoms with Crippen molar-refractivity contribution in [3.63, 3.8) is 0 Å². The number of hydrogen-bond donors (Lipinski definition) is 1. The van der Waals surface area contributed by atoms with Crippen LogP contribution in [0.1, 0.15) is 51.1 Å². The van der Waals surface area contributed by atoms with E-state index in [4.69, 9.17) is 0 Å². The van der Waals surface area contributed by atoms with Gasteiger partial charge in [0.2, 0.25) is 0 Å². The van der Waals surface area contributed by atoms with Gasteiger partial charge in [0.25, 0.3) is 0 Å². The van der Waals surface area contributed by atoms with E-state index in [2.05, 4.69) is 23.8 Å². The fourth-order valence-electron chi connectivity index (χ4n) is 2.47. The molecule has 1 atom stereocenters. The number of aliphatic carboxylic acids is 1. The van der Waals surface area contributed by atoms with Crippen LogP contribution in [0.4, 0.5) is 5.82 Å². The second kappa shape index (κ2) is 5.99. The number of hydrogen-bond acceptors (Lipinski definition) is 4. The molecule has 1 aliphatic rings. The van der Waals surface area contributed by atoms with Crippen molar-refractivity contribution >= 4 is 11.8 Å². The van der Waals surface area contributed by atoms with Gasteiger partial charge in [-0.25, -0.2) is 14.8 Å². The molecule has 0 bridgehead atoms. The standard InChI is InChI=1S/C14H21N3O2/c1-10(2)11-8-13(16-9-15-11)17-7-5-3-4-6-12(17)14(18)19/h8-10,12H,3-7H2,1-2H3,(H,18,19). The lowest BCUT2D eigenvalue weighted by atomic mass is 10.1. The Bertz CT molecular complexity index is 448. The van der Waals surface area contributed by atoms with Crippen LogP contribution in [0.3, 0.4) is 0 Å². The molecule has 0 aromatic carbocycles. The first-order valence-electron chi connectivity index (χ1n) is 6.91. The summed E-state index contributed by atoms with van der Waals surface area (Å²) in [6.45, 7) is 4.90. The molecule has 1 saturated heterocycles. The Kier molecular flexibility index (Phi) is 4.35. The monoisotopic (exact) mass is 263 g/mol. The summed E-state index contributed by atoms with van der Waals surface area (Å²) in [5.74, 6) is 0.302. The zero-order valence-electron chi connectivity index (χ0n) is 11.5. The van der Waals surface area contributed by atoms with Crippen molar-refractivity contribution in [1.82, 2.24) is 9.97 Å². The number of aromatic nitrogens is 2. The van der Waals surface area contributed by atoms with Gasteiger partial charge in [0.05, 0.1) is 0 Å². The van der Waals surface area contributed by atoms with Gasteiger partial charge in [-0.15, -0.1) is 0 Å². The lowest BCUT2D eigenvalue weighted by molar-refractivity contribution is -0.138. The lowest BCUT2D eigenvalue weighted by Gasteiger charge is -2.28. The van der Waals surface area contributed by atoms with Gasteiger partial charge in [-0.1, -0.05) is 26.7 Å². The first-order chi connectivity index (χ1) is 9.09. The van der Waals surface area contributed by atoms with Crippen LogP contribution in [0.25, 0.3) is 0 Å². The van der Waals surface area contributed by atoms with Crippen LogP contribution in [0.2, 0.25) is 0 Å². The predicted molar refractivity (Wildman–Crippen MR) is 73.4 cm³/mol. The summed E-state index contributed by atoms with van der Waals surface area (Å²) in [5.41, 5.74) is 0.957. The quantitative estimate of drug-likeness (QED) is 0.907. The predicted octanol–water partition coefficient (Wildman–Crippen LogP) is 2.43. The van der Waals surface area contributed by atoms with E-state index in [0.29, 0.717) is 12.3 Å². The lowest BCUT2D eigenvalue weighted by Crippen LogP contribution is -2.41. The molecule has 1 unspecified atom stereocenters. The highest BCUT2D eigenvalue weighted by Gasteiger charge is 2.28. The van der Waals surface area contributed by atoms with E-state index in [0.717, 1.165) is 37.3 Å². The first-order valence-corrected chi connectivity index (χ1v) is 6.91. The molecule has 1 aromatic heterocycles. The van der Waals surface area contributed by atoms with E-state index in [1.54, 1.807) is 0 Å². The summed E-state index contributed by atoms with van der Waals surface area (Å²) in [4.78, 5) is 21.9. The average molecular weight is 263 g/mol. The molecule has 1 N–H and O–H groups in total. The zero-order chi connectivity index (χ0) is 13.8. The number of anilines is 1. The molecule has 0 aliphatic carbocycles. The van der Waals surface area contributed by atoms with Crippen molar-refractivity contribution in [2.45, 2.75) is 51.5 Å². The van der Waals surface area contributed by atoms with Gasteiger partial charge in [0.1, 0.15) is 18.2 Å². The van der Waals surface area contributed by atoms with E-state index in [1.807, 2.05) is 11.0 Å². The number of carboxylic acids is 1. The minimum atomic E-state index is -0.758. The van der Waals surface area contributed by atoms with Crippen molar-refractivity contribution in [3.8, 4) is 0 Å². The van der Waals surface area contributed by atoms with Crippen LogP contribution >= 0.6 is 0 Å². The fourth-order valence-corrected chi connectivity index (χ4v) is 2.47. The smallest absolute Gasteiger partial charge is 0.326 e. The molecule has 1 aliphatic heterocycles. The van der Waals surface area contributed by atoms with Gasteiger partial charge in [-0.05, 0) is 18.8 Å². The first kappa shape index (κ1) is 13.8. The molecule has 0 radical (unpaired) electrons. The zero-order valence-corrected chi connectivity index (χ0v) is 11.5. The number of nitrogens with zero attached hydrogens (tertiary/aromatic N) is 3. The van der Waals surface area contributed by atoms with E-state index >= 15 is 0 Å². The van der Waals surface area contributed by atoms with Gasteiger partial charge < -0.3 is 10.0 Å². The summed E-state index contributed by atoms with van der Waals surface area (Å²) in [6.07, 6.45) is 5.30. The summed E-state index contributed by atoms with van der Waals surface area (Å²) in [6, 6.07) is 1.46. The van der Waals surface area contributed by atoms with Crippen LogP contribution in [0, 0.1) is 0 Å². The number of carbonyl (C=O) groups is 1. The highest BCUT2D eigenvalue weighted by Crippen LogP contribution is 2.24. The molecule has 2 heterocycles. The van der Waals surface area contributed by atoms with Gasteiger partial charge >= 0.3 is 5.97 Å². The second-order valence-corrected chi connectivity index (χ2v) is 5.35. The molecule has 19 heavy (non-hydrogen) atoms.